The number of hydrogen-bond acceptors (Lipinski definition) is 3. The van der Waals surface area contributed by atoms with Crippen LogP contribution >= 0.6 is 0 Å². The molecule has 15 heavy (non-hydrogen) atoms. The van der Waals surface area contributed by atoms with Crippen LogP contribution in [0.4, 0.5) is 9.59 Å². The van der Waals surface area contributed by atoms with Gasteiger partial charge in [-0.15, -0.1) is 0 Å². The number of rotatable bonds is 4. The average Bonchev–Trinajstić information content (AvgIpc) is 2.59. The number of furan rings is 1. The van der Waals surface area contributed by atoms with Gasteiger partial charge in [0.05, 0.1) is 13.1 Å². The van der Waals surface area contributed by atoms with Gasteiger partial charge < -0.3 is 25.3 Å². The van der Waals surface area contributed by atoms with E-state index in [4.69, 9.17) is 14.6 Å². The Balaban J connectivity index is 2.41. The second kappa shape index (κ2) is 4.89. The third kappa shape index (κ3) is 4.03. The van der Waals surface area contributed by atoms with Crippen LogP contribution in [0.5, 0.6) is 0 Å². The van der Waals surface area contributed by atoms with E-state index in [1.165, 1.54) is 0 Å². The Labute approximate surface area is 84.7 Å². The highest BCUT2D eigenvalue weighted by molar-refractivity contribution is 5.64. The Hall–Kier alpha value is -2.18. The summed E-state index contributed by atoms with van der Waals surface area (Å²) in [7, 11) is 0. The summed E-state index contributed by atoms with van der Waals surface area (Å²) in [6.45, 7) is 0.116. The van der Waals surface area contributed by atoms with Crippen molar-refractivity contribution in [3.05, 3.63) is 23.7 Å². The second-order valence-corrected chi connectivity index (χ2v) is 2.69. The summed E-state index contributed by atoms with van der Waals surface area (Å²) in [6, 6.07) is 3.16. The first-order valence-electron chi connectivity index (χ1n) is 4.09. The summed E-state index contributed by atoms with van der Waals surface area (Å²) < 4.78 is 5.13. The van der Waals surface area contributed by atoms with Crippen molar-refractivity contribution in [2.75, 3.05) is 0 Å². The van der Waals surface area contributed by atoms with Crippen LogP contribution in [0.3, 0.4) is 0 Å². The molecule has 0 atom stereocenters. The van der Waals surface area contributed by atoms with Gasteiger partial charge in [0, 0.05) is 0 Å². The molecule has 7 nitrogen and oxygen atoms in total. The van der Waals surface area contributed by atoms with Crippen LogP contribution in [0.15, 0.2) is 16.5 Å². The van der Waals surface area contributed by atoms with Crippen LogP contribution in [0.25, 0.3) is 0 Å². The number of carboxylic acid groups (broad SMARTS) is 2. The van der Waals surface area contributed by atoms with Gasteiger partial charge in [0.25, 0.3) is 0 Å². The minimum Gasteiger partial charge on any atom is -0.465 e. The predicted octanol–water partition coefficient (Wildman–Crippen LogP) is 0.815. The zero-order chi connectivity index (χ0) is 11.3. The monoisotopic (exact) mass is 214 g/mol. The molecule has 0 aliphatic heterocycles. The number of carbonyl (C=O) groups is 2. The first-order valence-corrected chi connectivity index (χ1v) is 4.09. The van der Waals surface area contributed by atoms with Crippen molar-refractivity contribution in [3.8, 4) is 0 Å². The maximum Gasteiger partial charge on any atom is 0.405 e. The largest absolute Gasteiger partial charge is 0.465 e. The van der Waals surface area contributed by atoms with E-state index >= 15 is 0 Å². The number of amides is 2. The molecule has 0 fully saturated rings. The molecule has 82 valence electrons. The van der Waals surface area contributed by atoms with Gasteiger partial charge in [-0.25, -0.2) is 9.59 Å². The molecule has 7 heteroatoms. The molecule has 0 radical (unpaired) electrons. The molecule has 0 bridgehead atoms. The predicted molar refractivity (Wildman–Crippen MR) is 48.4 cm³/mol. The van der Waals surface area contributed by atoms with E-state index < -0.39 is 12.2 Å². The summed E-state index contributed by atoms with van der Waals surface area (Å²) in [6.07, 6.45) is -2.28. The molecule has 0 aliphatic carbocycles. The van der Waals surface area contributed by atoms with Gasteiger partial charge in [0.1, 0.15) is 11.5 Å². The van der Waals surface area contributed by atoms with Crippen molar-refractivity contribution in [2.24, 2.45) is 0 Å². The van der Waals surface area contributed by atoms with Gasteiger partial charge in [-0.3, -0.25) is 0 Å². The zero-order valence-electron chi connectivity index (χ0n) is 7.69. The average molecular weight is 214 g/mol. The quantitative estimate of drug-likeness (QED) is 0.592. The van der Waals surface area contributed by atoms with Crippen LogP contribution in [0.2, 0.25) is 0 Å². The fourth-order valence-corrected chi connectivity index (χ4v) is 0.938. The molecule has 4 N–H and O–H groups in total. The van der Waals surface area contributed by atoms with Crippen molar-refractivity contribution in [1.82, 2.24) is 10.6 Å². The van der Waals surface area contributed by atoms with Crippen molar-refractivity contribution < 1.29 is 24.2 Å². The van der Waals surface area contributed by atoms with Crippen LogP contribution in [-0.4, -0.2) is 22.4 Å². The molecule has 1 rings (SSSR count). The van der Waals surface area contributed by atoms with Crippen LogP contribution in [0.1, 0.15) is 11.5 Å². The Kier molecular flexibility index (Phi) is 3.55. The van der Waals surface area contributed by atoms with Gasteiger partial charge in [-0.1, -0.05) is 0 Å². The first kappa shape index (κ1) is 10.9. The minimum absolute atomic E-state index is 0.0579. The number of hydrogen-bond donors (Lipinski definition) is 4. The molecule has 1 aromatic heterocycles. The Morgan fingerprint density at radius 2 is 1.47 bits per heavy atom. The Morgan fingerprint density at radius 1 is 1.07 bits per heavy atom. The summed E-state index contributed by atoms with van der Waals surface area (Å²) >= 11 is 0. The molecular formula is C8H10N2O5. The van der Waals surface area contributed by atoms with Gasteiger partial charge >= 0.3 is 12.2 Å². The molecule has 0 aromatic carbocycles. The third-order valence-electron chi connectivity index (χ3n) is 1.54. The van der Waals surface area contributed by atoms with Gasteiger partial charge in [0.2, 0.25) is 0 Å². The maximum atomic E-state index is 10.2. The molecule has 1 heterocycles. The van der Waals surface area contributed by atoms with Crippen molar-refractivity contribution in [3.63, 3.8) is 0 Å². The van der Waals surface area contributed by atoms with Gasteiger partial charge in [-0.05, 0) is 12.1 Å². The van der Waals surface area contributed by atoms with E-state index in [0.29, 0.717) is 11.5 Å². The highest BCUT2D eigenvalue weighted by Crippen LogP contribution is 2.07. The minimum atomic E-state index is -1.14. The van der Waals surface area contributed by atoms with E-state index in [9.17, 15) is 9.59 Å². The zero-order valence-corrected chi connectivity index (χ0v) is 7.69. The van der Waals surface area contributed by atoms with Crippen LogP contribution in [0, 0.1) is 0 Å². The third-order valence-corrected chi connectivity index (χ3v) is 1.54. The lowest BCUT2D eigenvalue weighted by atomic mass is 10.4. The lowest BCUT2D eigenvalue weighted by molar-refractivity contribution is 0.193. The lowest BCUT2D eigenvalue weighted by Crippen LogP contribution is -2.20. The smallest absolute Gasteiger partial charge is 0.405 e. The fraction of sp³-hybridized carbons (Fsp3) is 0.250. The highest BCUT2D eigenvalue weighted by Gasteiger charge is 2.04. The molecular weight excluding hydrogens is 204 g/mol. The molecule has 0 saturated carbocycles. The second-order valence-electron chi connectivity index (χ2n) is 2.69. The van der Waals surface area contributed by atoms with Crippen LogP contribution in [-0.2, 0) is 13.1 Å². The van der Waals surface area contributed by atoms with Crippen molar-refractivity contribution in [1.29, 1.82) is 0 Å². The molecule has 2 amide bonds. The Morgan fingerprint density at radius 3 is 1.80 bits per heavy atom. The topological polar surface area (TPSA) is 112 Å². The van der Waals surface area contributed by atoms with Crippen LogP contribution < -0.4 is 10.6 Å². The van der Waals surface area contributed by atoms with E-state index in [1.54, 1.807) is 12.1 Å². The van der Waals surface area contributed by atoms with E-state index in [2.05, 4.69) is 10.6 Å². The fourth-order valence-electron chi connectivity index (χ4n) is 0.938. The summed E-state index contributed by atoms with van der Waals surface area (Å²) in [5.74, 6) is 0.860. The SMILES string of the molecule is O=C(O)NCc1ccc(CNC(=O)O)o1. The molecule has 0 unspecified atom stereocenters. The van der Waals surface area contributed by atoms with E-state index in [1.807, 2.05) is 0 Å². The Bertz CT molecular complexity index is 327. The standard InChI is InChI=1S/C8H10N2O5/c11-7(12)9-3-5-1-2-6(15-5)4-10-8(13)14/h1-2,9-10H,3-4H2,(H,11,12)(H,13,14). The summed E-state index contributed by atoms with van der Waals surface area (Å²) in [5.41, 5.74) is 0. The molecule has 1 aromatic rings. The van der Waals surface area contributed by atoms with Gasteiger partial charge in [-0.2, -0.15) is 0 Å². The van der Waals surface area contributed by atoms with Gasteiger partial charge in [0.15, 0.2) is 0 Å². The summed E-state index contributed by atoms with van der Waals surface area (Å²) in [4.78, 5) is 20.3. The maximum absolute atomic E-state index is 10.2. The normalized spacial score (nSPS) is 9.60. The van der Waals surface area contributed by atoms with E-state index in [0.717, 1.165) is 0 Å². The number of nitrogens with one attached hydrogen (secondary N) is 2. The highest BCUT2D eigenvalue weighted by atomic mass is 16.4. The first-order chi connectivity index (χ1) is 7.08. The summed E-state index contributed by atoms with van der Waals surface area (Å²) in [5, 5.41) is 20.9. The van der Waals surface area contributed by atoms with Crippen molar-refractivity contribution >= 4 is 12.2 Å². The van der Waals surface area contributed by atoms with Crippen molar-refractivity contribution in [2.45, 2.75) is 13.1 Å². The lowest BCUT2D eigenvalue weighted by Gasteiger charge is -1.98. The molecule has 0 aliphatic rings. The van der Waals surface area contributed by atoms with E-state index in [-0.39, 0.29) is 13.1 Å². The molecule has 0 spiro atoms. The molecule has 0 saturated heterocycles.